The predicted molar refractivity (Wildman–Crippen MR) is 107 cm³/mol. The molecule has 156 valence electrons. The van der Waals surface area contributed by atoms with Crippen molar-refractivity contribution in [3.8, 4) is 0 Å². The normalized spacial score (nSPS) is 23.5. The molecule has 6 nitrogen and oxygen atoms in total. The Morgan fingerprint density at radius 1 is 1.17 bits per heavy atom. The maximum atomic E-state index is 13.4. The highest BCUT2D eigenvalue weighted by Crippen LogP contribution is 2.45. The molecule has 3 aromatic rings. The van der Waals surface area contributed by atoms with Crippen LogP contribution in [0, 0.1) is 6.92 Å². The van der Waals surface area contributed by atoms with E-state index in [1.807, 2.05) is 24.0 Å². The van der Waals surface area contributed by atoms with Crippen molar-refractivity contribution in [2.45, 2.75) is 57.0 Å². The lowest BCUT2D eigenvalue weighted by molar-refractivity contribution is 0.0553. The first-order valence-corrected chi connectivity index (χ1v) is 10.4. The molecular formula is C21H20ClF2N5O. The zero-order chi connectivity index (χ0) is 21.0. The van der Waals surface area contributed by atoms with Crippen LogP contribution in [0.4, 0.5) is 8.78 Å². The Bertz CT molecular complexity index is 1110. The third-order valence-corrected chi connectivity index (χ3v) is 6.47. The minimum Gasteiger partial charge on any atom is -0.332 e. The lowest BCUT2D eigenvalue weighted by atomic mass is 9.86. The number of rotatable bonds is 3. The maximum absolute atomic E-state index is 13.4. The van der Waals surface area contributed by atoms with Gasteiger partial charge in [-0.1, -0.05) is 11.6 Å². The van der Waals surface area contributed by atoms with Crippen LogP contribution < -0.4 is 0 Å². The molecule has 3 atom stereocenters. The van der Waals surface area contributed by atoms with E-state index in [2.05, 4.69) is 15.1 Å². The van der Waals surface area contributed by atoms with Crippen molar-refractivity contribution >= 4 is 23.3 Å². The lowest BCUT2D eigenvalue weighted by Gasteiger charge is -2.40. The predicted octanol–water partition coefficient (Wildman–Crippen LogP) is 4.57. The third kappa shape index (κ3) is 3.14. The van der Waals surface area contributed by atoms with Gasteiger partial charge in [-0.3, -0.25) is 4.79 Å². The summed E-state index contributed by atoms with van der Waals surface area (Å²) in [6.07, 6.45) is 1.96. The van der Waals surface area contributed by atoms with Gasteiger partial charge < -0.3 is 4.90 Å². The number of hydrogen-bond acceptors (Lipinski definition) is 4. The second kappa shape index (κ2) is 7.27. The number of aryl methyl sites for hydroxylation is 1. The second-order valence-corrected chi connectivity index (χ2v) is 8.53. The summed E-state index contributed by atoms with van der Waals surface area (Å²) < 4.78 is 28.4. The molecule has 2 bridgehead atoms. The van der Waals surface area contributed by atoms with Gasteiger partial charge in [-0.2, -0.15) is 10.1 Å². The van der Waals surface area contributed by atoms with Crippen molar-refractivity contribution in [2.24, 2.45) is 0 Å². The van der Waals surface area contributed by atoms with Crippen LogP contribution >= 0.6 is 11.6 Å². The Kier molecular flexibility index (Phi) is 4.69. The second-order valence-electron chi connectivity index (χ2n) is 8.09. The van der Waals surface area contributed by atoms with Crippen LogP contribution in [0.5, 0.6) is 0 Å². The van der Waals surface area contributed by atoms with Crippen LogP contribution in [-0.4, -0.2) is 42.5 Å². The van der Waals surface area contributed by atoms with Gasteiger partial charge in [0, 0.05) is 28.6 Å². The quantitative estimate of drug-likeness (QED) is 0.609. The molecule has 0 N–H and O–H groups in total. The van der Waals surface area contributed by atoms with E-state index in [0.717, 1.165) is 31.2 Å². The molecule has 0 radical (unpaired) electrons. The first-order valence-electron chi connectivity index (χ1n) is 10.0. The molecule has 0 saturated carbocycles. The summed E-state index contributed by atoms with van der Waals surface area (Å²) in [6, 6.07) is 6.83. The Morgan fingerprint density at radius 3 is 2.73 bits per heavy atom. The van der Waals surface area contributed by atoms with Gasteiger partial charge in [-0.05, 0) is 62.4 Å². The molecule has 0 unspecified atom stereocenters. The highest BCUT2D eigenvalue weighted by molar-refractivity contribution is 6.31. The summed E-state index contributed by atoms with van der Waals surface area (Å²) >= 11 is 6.18. The summed E-state index contributed by atoms with van der Waals surface area (Å²) in [6.45, 7) is 1.90. The molecule has 2 saturated heterocycles. The Morgan fingerprint density at radius 2 is 1.97 bits per heavy atom. The largest absolute Gasteiger partial charge is 0.332 e. The standard InChI is InChI=1S/C21H20ClF2N5O/c1-11-6-12(8-13(22)7-11)20(30)28-14-2-4-15(17(28)5-3-14)18-9-16(19(23)24)27-21-25-10-26-29(18)21/h6-10,14-15,17,19H,2-5H2,1H3/t14-,15-,17-/m0/s1. The number of alkyl halides is 2. The smallest absolute Gasteiger partial charge is 0.280 e. The molecule has 0 aliphatic carbocycles. The molecule has 30 heavy (non-hydrogen) atoms. The maximum Gasteiger partial charge on any atom is 0.280 e. The van der Waals surface area contributed by atoms with Gasteiger partial charge in [0.25, 0.3) is 18.1 Å². The molecule has 5 rings (SSSR count). The number of aromatic nitrogens is 4. The Labute approximate surface area is 176 Å². The molecule has 1 aromatic carbocycles. The van der Waals surface area contributed by atoms with Crippen LogP contribution in [-0.2, 0) is 0 Å². The molecule has 2 aliphatic heterocycles. The van der Waals surface area contributed by atoms with Gasteiger partial charge in [0.05, 0.1) is 5.69 Å². The molecule has 9 heteroatoms. The summed E-state index contributed by atoms with van der Waals surface area (Å²) in [5.74, 6) is -0.0142. The van der Waals surface area contributed by atoms with Crippen molar-refractivity contribution in [1.29, 1.82) is 0 Å². The van der Waals surface area contributed by atoms with E-state index >= 15 is 0 Å². The fraction of sp³-hybridized carbons (Fsp3) is 0.429. The SMILES string of the molecule is Cc1cc(Cl)cc(C(=O)N2[C@H]3CC[C@H](c4cc(C(F)F)nc5ncnn45)[C@@H]2CC3)c1. The first-order chi connectivity index (χ1) is 14.4. The van der Waals surface area contributed by atoms with Crippen molar-refractivity contribution in [3.05, 3.63) is 58.1 Å². The monoisotopic (exact) mass is 431 g/mol. The molecule has 0 spiro atoms. The summed E-state index contributed by atoms with van der Waals surface area (Å²) in [5, 5.41) is 4.73. The zero-order valence-corrected chi connectivity index (χ0v) is 17.1. The number of hydrogen-bond donors (Lipinski definition) is 0. The van der Waals surface area contributed by atoms with E-state index in [-0.39, 0.29) is 35.4 Å². The average Bonchev–Trinajstić information content (AvgIpc) is 3.29. The highest BCUT2D eigenvalue weighted by atomic mass is 35.5. The lowest BCUT2D eigenvalue weighted by Crippen LogP contribution is -2.47. The van der Waals surface area contributed by atoms with Gasteiger partial charge in [0.1, 0.15) is 12.0 Å². The number of carbonyl (C=O) groups is 1. The van der Waals surface area contributed by atoms with Crippen molar-refractivity contribution in [3.63, 3.8) is 0 Å². The number of benzene rings is 1. The third-order valence-electron chi connectivity index (χ3n) is 6.25. The van der Waals surface area contributed by atoms with Crippen molar-refractivity contribution < 1.29 is 13.6 Å². The summed E-state index contributed by atoms with van der Waals surface area (Å²) in [4.78, 5) is 23.3. The molecule has 4 heterocycles. The molecule has 2 fully saturated rings. The van der Waals surface area contributed by atoms with Gasteiger partial charge >= 0.3 is 0 Å². The van der Waals surface area contributed by atoms with E-state index in [4.69, 9.17) is 11.6 Å². The topological polar surface area (TPSA) is 63.4 Å². The summed E-state index contributed by atoms with van der Waals surface area (Å²) in [5.41, 5.74) is 1.81. The highest BCUT2D eigenvalue weighted by Gasteiger charge is 2.46. The van der Waals surface area contributed by atoms with Gasteiger partial charge in [-0.15, -0.1) is 0 Å². The van der Waals surface area contributed by atoms with Crippen LogP contribution in [0.25, 0.3) is 5.78 Å². The number of halogens is 3. The summed E-state index contributed by atoms with van der Waals surface area (Å²) in [7, 11) is 0. The van der Waals surface area contributed by atoms with Gasteiger partial charge in [0.2, 0.25) is 0 Å². The first kappa shape index (κ1) is 19.4. The van der Waals surface area contributed by atoms with Crippen molar-refractivity contribution in [2.75, 3.05) is 0 Å². The molecule has 1 amide bonds. The average molecular weight is 432 g/mol. The number of fused-ring (bicyclic) bond motifs is 3. The number of carbonyl (C=O) groups excluding carboxylic acids is 1. The number of piperidine rings is 1. The Balaban J connectivity index is 1.55. The van der Waals surface area contributed by atoms with E-state index in [1.54, 1.807) is 6.07 Å². The van der Waals surface area contributed by atoms with Crippen LogP contribution in [0.2, 0.25) is 5.02 Å². The molecular weight excluding hydrogens is 412 g/mol. The number of amides is 1. The minimum absolute atomic E-state index is 0.0595. The fourth-order valence-electron chi connectivity index (χ4n) is 5.06. The number of nitrogens with zero attached hydrogens (tertiary/aromatic N) is 5. The zero-order valence-electron chi connectivity index (χ0n) is 16.3. The molecule has 2 aliphatic rings. The van der Waals surface area contributed by atoms with Crippen LogP contribution in [0.15, 0.2) is 30.6 Å². The van der Waals surface area contributed by atoms with E-state index in [1.165, 1.54) is 16.9 Å². The van der Waals surface area contributed by atoms with E-state index < -0.39 is 6.43 Å². The van der Waals surface area contributed by atoms with Crippen LogP contribution in [0.3, 0.4) is 0 Å². The van der Waals surface area contributed by atoms with Crippen molar-refractivity contribution in [1.82, 2.24) is 24.5 Å². The van der Waals surface area contributed by atoms with E-state index in [9.17, 15) is 13.6 Å². The van der Waals surface area contributed by atoms with Gasteiger partial charge in [-0.25, -0.2) is 18.3 Å². The Hall–Kier alpha value is -2.61. The molecule has 2 aromatic heterocycles. The van der Waals surface area contributed by atoms with Gasteiger partial charge in [0.15, 0.2) is 0 Å². The fourth-order valence-corrected chi connectivity index (χ4v) is 5.34. The minimum atomic E-state index is -2.70. The van der Waals surface area contributed by atoms with Crippen LogP contribution in [0.1, 0.15) is 65.3 Å². The van der Waals surface area contributed by atoms with E-state index in [0.29, 0.717) is 16.3 Å².